The van der Waals surface area contributed by atoms with Gasteiger partial charge in [-0.1, -0.05) is 145 Å². The Kier molecular flexibility index (Phi) is 40.6. The number of hydrogen-bond donors (Lipinski definition) is 0. The van der Waals surface area contributed by atoms with Crippen molar-refractivity contribution in [3.63, 3.8) is 0 Å². The lowest BCUT2D eigenvalue weighted by molar-refractivity contribution is 0.199. The van der Waals surface area contributed by atoms with E-state index in [1.807, 2.05) is 62.3 Å². The van der Waals surface area contributed by atoms with Crippen LogP contribution in [0.2, 0.25) is 0 Å². The van der Waals surface area contributed by atoms with E-state index in [4.69, 9.17) is 4.74 Å². The summed E-state index contributed by atoms with van der Waals surface area (Å²) in [5.41, 5.74) is 1.58. The van der Waals surface area contributed by atoms with Gasteiger partial charge in [0.25, 0.3) is 0 Å². The van der Waals surface area contributed by atoms with Crippen molar-refractivity contribution in [2.24, 2.45) is 28.1 Å². The Balaban J connectivity index is -0.0000000966. The molecule has 0 aromatic heterocycles. The Morgan fingerprint density at radius 2 is 1.14 bits per heavy atom. The molecule has 220 valence electrons. The van der Waals surface area contributed by atoms with Gasteiger partial charge in [0.05, 0.1) is 12.4 Å². The summed E-state index contributed by atoms with van der Waals surface area (Å²) in [6.45, 7) is 47.4. The maximum absolute atomic E-state index is 5.49. The van der Waals surface area contributed by atoms with Gasteiger partial charge in [-0.25, -0.2) is 0 Å². The first kappa shape index (κ1) is 47.7. The molecular weight excluding hydrogens is 424 g/mol. The Labute approximate surface area is 228 Å². The average Bonchev–Trinajstić information content (AvgIpc) is 3.09. The fraction of sp³-hybridized carbons (Fsp3) is 0.941. The van der Waals surface area contributed by atoms with Gasteiger partial charge in [0.1, 0.15) is 0 Å². The Bertz CT molecular complexity index is 354. The smallest absolute Gasteiger partial charge is 0.0890 e. The molecule has 1 rings (SSSR count). The van der Waals surface area contributed by atoms with Crippen molar-refractivity contribution in [1.29, 1.82) is 0 Å². The van der Waals surface area contributed by atoms with Gasteiger partial charge in [0.15, 0.2) is 0 Å². The van der Waals surface area contributed by atoms with Crippen molar-refractivity contribution in [1.82, 2.24) is 0 Å². The van der Waals surface area contributed by atoms with E-state index in [0.29, 0.717) is 16.2 Å². The molecule has 0 spiro atoms. The summed E-state index contributed by atoms with van der Waals surface area (Å²) >= 11 is 0. The summed E-state index contributed by atoms with van der Waals surface area (Å²) in [5.74, 6) is 2.69. The first-order valence-electron chi connectivity index (χ1n) is 15.3. The highest BCUT2D eigenvalue weighted by atomic mass is 16.5. The largest absolute Gasteiger partial charge is 0.499 e. The first-order valence-corrected chi connectivity index (χ1v) is 15.3. The van der Waals surface area contributed by atoms with Crippen LogP contribution in [0.3, 0.4) is 0 Å². The molecule has 1 nitrogen and oxygen atoms in total. The number of rotatable bonds is 7. The fourth-order valence-electron chi connectivity index (χ4n) is 3.23. The van der Waals surface area contributed by atoms with E-state index in [1.165, 1.54) is 32.1 Å². The van der Waals surface area contributed by atoms with E-state index in [-0.39, 0.29) is 0 Å². The molecular formula is C34H78O. The molecule has 0 radical (unpaired) electrons. The number of allylic oxidation sites excluding steroid dienone is 1. The highest BCUT2D eigenvalue weighted by Crippen LogP contribution is 2.44. The van der Waals surface area contributed by atoms with E-state index in [1.54, 1.807) is 0 Å². The van der Waals surface area contributed by atoms with Gasteiger partial charge in [-0.05, 0) is 60.7 Å². The van der Waals surface area contributed by atoms with Crippen LogP contribution in [0.25, 0.3) is 0 Å². The summed E-state index contributed by atoms with van der Waals surface area (Å²) in [5, 5.41) is 0. The molecule has 2 unspecified atom stereocenters. The summed E-state index contributed by atoms with van der Waals surface area (Å²) < 4.78 is 5.49. The van der Waals surface area contributed by atoms with E-state index < -0.39 is 0 Å². The van der Waals surface area contributed by atoms with Gasteiger partial charge in [0, 0.05) is 6.42 Å². The van der Waals surface area contributed by atoms with Gasteiger partial charge in [-0.15, -0.1) is 0 Å². The lowest BCUT2D eigenvalue weighted by Gasteiger charge is -2.22. The van der Waals surface area contributed by atoms with Crippen molar-refractivity contribution in [3.8, 4) is 0 Å². The third kappa shape index (κ3) is 60.2. The standard InChI is InChI=1S/C16H30O.2C5H12.4C2H6/c1-6-14(10-13(3)17-7-2)11-15-8-9-16(4,5)12-15;2*1-5(2,3)4;4*1-2/h14-15H,3,6-12H2,1-2,4-5H3;2*1-4H3;4*1-2H3. The van der Waals surface area contributed by atoms with Crippen LogP contribution in [-0.2, 0) is 4.74 Å². The zero-order valence-electron chi connectivity index (χ0n) is 29.2. The molecule has 0 saturated heterocycles. The minimum atomic E-state index is 0.500. The van der Waals surface area contributed by atoms with Crippen molar-refractivity contribution in [2.75, 3.05) is 6.61 Å². The van der Waals surface area contributed by atoms with Gasteiger partial charge in [0.2, 0.25) is 0 Å². The average molecular weight is 503 g/mol. The summed E-state index contributed by atoms with van der Waals surface area (Å²) in [6, 6.07) is 0. The molecule has 0 aromatic rings. The second kappa shape index (κ2) is 29.8. The summed E-state index contributed by atoms with van der Waals surface area (Å²) in [6.07, 6.45) is 7.91. The van der Waals surface area contributed by atoms with Gasteiger partial charge >= 0.3 is 0 Å². The van der Waals surface area contributed by atoms with Crippen LogP contribution in [0.4, 0.5) is 0 Å². The minimum absolute atomic E-state index is 0.500. The number of ether oxygens (including phenoxy) is 1. The molecule has 0 heterocycles. The molecule has 1 aliphatic rings. The SMILES string of the molecule is C=C(CC(CC)CC1CCC(C)(C)C1)OCC.CC.CC.CC.CC.CC(C)(C)C.CC(C)(C)C. The molecule has 1 aliphatic carbocycles. The Morgan fingerprint density at radius 1 is 0.800 bits per heavy atom. The molecule has 0 aliphatic heterocycles. The molecule has 0 amide bonds. The minimum Gasteiger partial charge on any atom is -0.499 e. The Hall–Kier alpha value is -0.460. The quantitative estimate of drug-likeness (QED) is 0.314. The van der Waals surface area contributed by atoms with Crippen LogP contribution in [-0.4, -0.2) is 6.61 Å². The molecule has 2 atom stereocenters. The third-order valence-corrected chi connectivity index (χ3v) is 4.18. The summed E-state index contributed by atoms with van der Waals surface area (Å²) in [4.78, 5) is 0. The highest BCUT2D eigenvalue weighted by Gasteiger charge is 2.31. The predicted octanol–water partition coefficient (Wildman–Crippen LogP) is 13.4. The maximum Gasteiger partial charge on any atom is 0.0890 e. The van der Waals surface area contributed by atoms with E-state index in [9.17, 15) is 0 Å². The molecule has 0 N–H and O–H groups in total. The highest BCUT2D eigenvalue weighted by molar-refractivity contribution is 4.88. The van der Waals surface area contributed by atoms with Crippen molar-refractivity contribution < 1.29 is 4.74 Å². The molecule has 1 saturated carbocycles. The van der Waals surface area contributed by atoms with Crippen LogP contribution in [0, 0.1) is 28.1 Å². The topological polar surface area (TPSA) is 9.23 Å². The van der Waals surface area contributed by atoms with Crippen LogP contribution in [0.15, 0.2) is 12.3 Å². The van der Waals surface area contributed by atoms with Crippen molar-refractivity contribution in [3.05, 3.63) is 12.3 Å². The zero-order valence-corrected chi connectivity index (χ0v) is 29.2. The van der Waals surface area contributed by atoms with Crippen LogP contribution in [0.1, 0.15) is 177 Å². The van der Waals surface area contributed by atoms with Gasteiger partial charge < -0.3 is 4.74 Å². The first-order chi connectivity index (χ1) is 16.0. The monoisotopic (exact) mass is 503 g/mol. The van der Waals surface area contributed by atoms with Crippen LogP contribution >= 0.6 is 0 Å². The molecule has 0 bridgehead atoms. The second-order valence-corrected chi connectivity index (χ2v) is 12.5. The maximum atomic E-state index is 5.49. The lowest BCUT2D eigenvalue weighted by Crippen LogP contribution is -2.10. The molecule has 1 heteroatoms. The van der Waals surface area contributed by atoms with Gasteiger partial charge in [-0.2, -0.15) is 0 Å². The zero-order chi connectivity index (χ0) is 29.9. The summed E-state index contributed by atoms with van der Waals surface area (Å²) in [7, 11) is 0. The lowest BCUT2D eigenvalue weighted by atomic mass is 9.85. The normalized spacial score (nSPS) is 16.1. The van der Waals surface area contributed by atoms with Gasteiger partial charge in [-0.3, -0.25) is 0 Å². The fourth-order valence-corrected chi connectivity index (χ4v) is 3.23. The van der Waals surface area contributed by atoms with E-state index >= 15 is 0 Å². The van der Waals surface area contributed by atoms with E-state index in [2.05, 4.69) is 82.7 Å². The molecule has 1 fully saturated rings. The Morgan fingerprint density at radius 3 is 1.37 bits per heavy atom. The third-order valence-electron chi connectivity index (χ3n) is 4.18. The van der Waals surface area contributed by atoms with Crippen molar-refractivity contribution >= 4 is 0 Å². The van der Waals surface area contributed by atoms with Crippen LogP contribution < -0.4 is 0 Å². The molecule has 35 heavy (non-hydrogen) atoms. The second-order valence-electron chi connectivity index (χ2n) is 12.5. The molecule has 0 aromatic carbocycles. The van der Waals surface area contributed by atoms with Crippen molar-refractivity contribution in [2.45, 2.75) is 177 Å². The number of hydrogen-bond acceptors (Lipinski definition) is 1. The van der Waals surface area contributed by atoms with Crippen LogP contribution in [0.5, 0.6) is 0 Å². The van der Waals surface area contributed by atoms with E-state index in [0.717, 1.165) is 30.6 Å². The predicted molar refractivity (Wildman–Crippen MR) is 171 cm³/mol.